The van der Waals surface area contributed by atoms with Crippen molar-refractivity contribution in [3.63, 3.8) is 0 Å². The molecule has 0 aliphatic carbocycles. The lowest BCUT2D eigenvalue weighted by Crippen LogP contribution is -2.07. The van der Waals surface area contributed by atoms with Gasteiger partial charge in [0, 0.05) is 6.08 Å². The summed E-state index contributed by atoms with van der Waals surface area (Å²) in [6.45, 7) is 2.91. The molecule has 0 aromatic heterocycles. The van der Waals surface area contributed by atoms with E-state index in [4.69, 9.17) is 0 Å². The molecular formula is C5H8FO2P. The second-order valence-corrected chi connectivity index (χ2v) is 2.07. The van der Waals surface area contributed by atoms with Gasteiger partial charge < -0.3 is 4.74 Å². The summed E-state index contributed by atoms with van der Waals surface area (Å²) in [5.74, 6) is -1.78. The molecule has 4 heteroatoms. The third kappa shape index (κ3) is 5.44. The fraction of sp³-hybridized carbons (Fsp3) is 0.400. The van der Waals surface area contributed by atoms with Gasteiger partial charge in [-0.3, -0.25) is 0 Å². The largest absolute Gasteiger partial charge is 0.459 e. The van der Waals surface area contributed by atoms with E-state index in [1.807, 2.05) is 9.24 Å². The lowest BCUT2D eigenvalue weighted by molar-refractivity contribution is -0.138. The summed E-state index contributed by atoms with van der Waals surface area (Å²) in [5, 5.41) is 0. The van der Waals surface area contributed by atoms with Crippen molar-refractivity contribution in [3.8, 4) is 0 Å². The van der Waals surface area contributed by atoms with Crippen LogP contribution < -0.4 is 0 Å². The van der Waals surface area contributed by atoms with E-state index in [-0.39, 0.29) is 6.61 Å². The fourth-order valence-corrected chi connectivity index (χ4v) is 0.317. The molecule has 0 aliphatic heterocycles. The maximum absolute atomic E-state index is 11.8. The van der Waals surface area contributed by atoms with Crippen LogP contribution in [0.3, 0.4) is 0 Å². The van der Waals surface area contributed by atoms with Crippen molar-refractivity contribution in [2.75, 3.05) is 6.61 Å². The van der Waals surface area contributed by atoms with Crippen LogP contribution in [-0.2, 0) is 9.53 Å². The predicted octanol–water partition coefficient (Wildman–Crippen LogP) is 0.886. The first kappa shape index (κ1) is 8.57. The Balaban J connectivity index is 3.27. The number of alkyl halides is 1. The molecule has 9 heavy (non-hydrogen) atoms. The summed E-state index contributed by atoms with van der Waals surface area (Å²) in [4.78, 5) is 10.2. The van der Waals surface area contributed by atoms with Gasteiger partial charge in [0.05, 0.1) is 0 Å². The summed E-state index contributed by atoms with van der Waals surface area (Å²) < 4.78 is 16.1. The van der Waals surface area contributed by atoms with Gasteiger partial charge in [0.15, 0.2) is 0 Å². The normalized spacial score (nSPS) is 12.2. The minimum Gasteiger partial charge on any atom is -0.459 e. The van der Waals surface area contributed by atoms with Crippen LogP contribution in [-0.4, -0.2) is 18.5 Å². The highest BCUT2D eigenvalue weighted by atomic mass is 31.0. The quantitative estimate of drug-likeness (QED) is 0.339. The third-order valence-electron chi connectivity index (χ3n) is 0.551. The van der Waals surface area contributed by atoms with Crippen LogP contribution >= 0.6 is 9.24 Å². The van der Waals surface area contributed by atoms with E-state index in [2.05, 4.69) is 11.3 Å². The number of hydrogen-bond acceptors (Lipinski definition) is 2. The first-order valence-electron chi connectivity index (χ1n) is 2.35. The Labute approximate surface area is 55.3 Å². The molecule has 52 valence electrons. The van der Waals surface area contributed by atoms with Crippen LogP contribution in [0.2, 0.25) is 0 Å². The molecule has 0 saturated carbocycles. The Morgan fingerprint density at radius 1 is 2.00 bits per heavy atom. The average molecular weight is 150 g/mol. The summed E-state index contributed by atoms with van der Waals surface area (Å²) in [7, 11) is 1.87. The molecular weight excluding hydrogens is 142 g/mol. The number of carbonyl (C=O) groups excluding carboxylic acids is 1. The van der Waals surface area contributed by atoms with Crippen LogP contribution in [0.1, 0.15) is 0 Å². The van der Waals surface area contributed by atoms with E-state index in [1.165, 1.54) is 0 Å². The van der Waals surface area contributed by atoms with Gasteiger partial charge in [-0.25, -0.2) is 9.18 Å². The van der Waals surface area contributed by atoms with Crippen LogP contribution in [0.25, 0.3) is 0 Å². The maximum atomic E-state index is 11.8. The van der Waals surface area contributed by atoms with E-state index in [1.54, 1.807) is 0 Å². The zero-order chi connectivity index (χ0) is 7.28. The van der Waals surface area contributed by atoms with E-state index in [0.717, 1.165) is 6.08 Å². The summed E-state index contributed by atoms with van der Waals surface area (Å²) >= 11 is 0. The highest BCUT2D eigenvalue weighted by molar-refractivity contribution is 7.17. The highest BCUT2D eigenvalue weighted by Gasteiger charge is 2.00. The van der Waals surface area contributed by atoms with Gasteiger partial charge in [-0.05, 0) is 0 Å². The smallest absolute Gasteiger partial charge is 0.330 e. The topological polar surface area (TPSA) is 26.3 Å². The molecule has 0 aromatic rings. The van der Waals surface area contributed by atoms with E-state index < -0.39 is 11.9 Å². The number of esters is 1. The van der Waals surface area contributed by atoms with E-state index >= 15 is 0 Å². The minimum atomic E-state index is -1.19. The van der Waals surface area contributed by atoms with Crippen LogP contribution in [0.4, 0.5) is 4.39 Å². The van der Waals surface area contributed by atoms with Crippen molar-refractivity contribution in [1.29, 1.82) is 0 Å². The lowest BCUT2D eigenvalue weighted by atomic mass is 10.6. The Hall–Kier alpha value is -0.430. The summed E-state index contributed by atoms with van der Waals surface area (Å²) in [6.07, 6.45) is 0.993. The van der Waals surface area contributed by atoms with Crippen LogP contribution in [0.15, 0.2) is 12.7 Å². The van der Waals surface area contributed by atoms with Crippen molar-refractivity contribution in [3.05, 3.63) is 12.7 Å². The molecule has 0 rings (SSSR count). The van der Waals surface area contributed by atoms with Crippen LogP contribution in [0, 0.1) is 0 Å². The molecule has 0 aliphatic rings. The molecule has 0 N–H and O–H groups in total. The average Bonchev–Trinajstić information content (AvgIpc) is 1.83. The van der Waals surface area contributed by atoms with Gasteiger partial charge in [-0.2, -0.15) is 0 Å². The van der Waals surface area contributed by atoms with Gasteiger partial charge in [0.25, 0.3) is 0 Å². The van der Waals surface area contributed by atoms with Crippen molar-refractivity contribution >= 4 is 15.2 Å². The molecule has 0 radical (unpaired) electrons. The molecule has 2 unspecified atom stereocenters. The van der Waals surface area contributed by atoms with Gasteiger partial charge in [-0.1, -0.05) is 15.8 Å². The summed E-state index contributed by atoms with van der Waals surface area (Å²) in [5.41, 5.74) is 0. The van der Waals surface area contributed by atoms with Gasteiger partial charge in [0.2, 0.25) is 0 Å². The Morgan fingerprint density at radius 3 is 2.89 bits per heavy atom. The molecule has 0 aromatic carbocycles. The molecule has 0 fully saturated rings. The fourth-order valence-electron chi connectivity index (χ4n) is 0.221. The zero-order valence-corrected chi connectivity index (χ0v) is 6.00. The van der Waals surface area contributed by atoms with Crippen molar-refractivity contribution in [2.45, 2.75) is 5.91 Å². The SMILES string of the molecule is C=CC(=O)OCC(F)P. The number of ether oxygens (including phenoxy) is 1. The molecule has 0 bridgehead atoms. The number of rotatable bonds is 3. The third-order valence-corrected chi connectivity index (χ3v) is 0.744. The molecule has 0 amide bonds. The lowest BCUT2D eigenvalue weighted by Gasteiger charge is -2.00. The Bertz CT molecular complexity index is 114. The molecule has 2 atom stereocenters. The van der Waals surface area contributed by atoms with E-state index in [0.29, 0.717) is 0 Å². The van der Waals surface area contributed by atoms with Crippen molar-refractivity contribution < 1.29 is 13.9 Å². The second kappa shape index (κ2) is 4.45. The Morgan fingerprint density at radius 2 is 2.56 bits per heavy atom. The molecule has 2 nitrogen and oxygen atoms in total. The first-order chi connectivity index (χ1) is 4.16. The summed E-state index contributed by atoms with van der Waals surface area (Å²) in [6, 6.07) is 0. The maximum Gasteiger partial charge on any atom is 0.330 e. The second-order valence-electron chi connectivity index (χ2n) is 1.35. The predicted molar refractivity (Wildman–Crippen MR) is 35.8 cm³/mol. The van der Waals surface area contributed by atoms with E-state index in [9.17, 15) is 9.18 Å². The van der Waals surface area contributed by atoms with Crippen LogP contribution in [0.5, 0.6) is 0 Å². The highest BCUT2D eigenvalue weighted by Crippen LogP contribution is 2.00. The van der Waals surface area contributed by atoms with Crippen molar-refractivity contribution in [1.82, 2.24) is 0 Å². The monoisotopic (exact) mass is 150 g/mol. The first-order valence-corrected chi connectivity index (χ1v) is 3.02. The number of halogens is 1. The van der Waals surface area contributed by atoms with Gasteiger partial charge in [-0.15, -0.1) is 0 Å². The number of carbonyl (C=O) groups is 1. The number of hydrogen-bond donors (Lipinski definition) is 0. The van der Waals surface area contributed by atoms with Gasteiger partial charge in [0.1, 0.15) is 12.5 Å². The van der Waals surface area contributed by atoms with Crippen molar-refractivity contribution in [2.24, 2.45) is 0 Å². The molecule has 0 spiro atoms. The minimum absolute atomic E-state index is 0.227. The molecule has 0 saturated heterocycles. The Kier molecular flexibility index (Phi) is 4.24. The zero-order valence-electron chi connectivity index (χ0n) is 4.84. The molecule has 0 heterocycles. The standard InChI is InChI=1S/C5H8FO2P/c1-2-5(7)8-3-4(6)9/h2,4H,1,3,9H2. The van der Waals surface area contributed by atoms with Gasteiger partial charge >= 0.3 is 5.97 Å².